The summed E-state index contributed by atoms with van der Waals surface area (Å²) in [5.74, 6) is 2.52. The van der Waals surface area contributed by atoms with Crippen molar-refractivity contribution in [2.24, 2.45) is 0 Å². The predicted molar refractivity (Wildman–Crippen MR) is 40.4 cm³/mol. The minimum absolute atomic E-state index is 0.472. The zero-order valence-electron chi connectivity index (χ0n) is 4.89. The summed E-state index contributed by atoms with van der Waals surface area (Å²) in [7, 11) is 9.75. The molecule has 0 unspecified atom stereocenters. The molecule has 0 aromatic heterocycles. The van der Waals surface area contributed by atoms with Crippen LogP contribution in [0.2, 0.25) is 0 Å². The molecule has 4 heteroatoms. The summed E-state index contributed by atoms with van der Waals surface area (Å²) >= 11 is 1.49. The summed E-state index contributed by atoms with van der Waals surface area (Å²) < 4.78 is 0. The molecular formula is C4H10Cl2PtS. The van der Waals surface area contributed by atoms with Crippen LogP contribution >= 0.6 is 30.6 Å². The van der Waals surface area contributed by atoms with Crippen molar-refractivity contribution in [3.05, 3.63) is 0 Å². The molecule has 8 heavy (non-hydrogen) atoms. The summed E-state index contributed by atoms with van der Waals surface area (Å²) in [6, 6.07) is 0. The van der Waals surface area contributed by atoms with Gasteiger partial charge in [0.15, 0.2) is 0 Å². The normalized spacial score (nSPS) is 8.00. The van der Waals surface area contributed by atoms with Crippen LogP contribution in [0.15, 0.2) is 0 Å². The first-order valence-electron chi connectivity index (χ1n) is 2.23. The van der Waals surface area contributed by atoms with Gasteiger partial charge in [-0.25, -0.2) is 0 Å². The van der Waals surface area contributed by atoms with E-state index in [4.69, 9.17) is 18.8 Å². The fourth-order valence-electron chi connectivity index (χ4n) is 0.204. The monoisotopic (exact) mass is 355 g/mol. The van der Waals surface area contributed by atoms with Crippen molar-refractivity contribution in [3.63, 3.8) is 0 Å². The molecule has 0 amide bonds. The third-order valence-corrected chi connectivity index (χ3v) is 1.22. The van der Waals surface area contributed by atoms with Gasteiger partial charge in [-0.3, -0.25) is 0 Å². The first-order chi connectivity index (χ1) is 3.83. The quantitative estimate of drug-likeness (QED) is 0.733. The third-order valence-electron chi connectivity index (χ3n) is 0.408. The summed E-state index contributed by atoms with van der Waals surface area (Å²) in [6.07, 6.45) is 0. The van der Waals surface area contributed by atoms with E-state index < -0.39 is 16.5 Å². The Bertz CT molecular complexity index is 28.0. The van der Waals surface area contributed by atoms with Crippen LogP contribution in [0.5, 0.6) is 0 Å². The van der Waals surface area contributed by atoms with Gasteiger partial charge in [0.05, 0.1) is 0 Å². The van der Waals surface area contributed by atoms with Crippen molar-refractivity contribution in [3.8, 4) is 0 Å². The van der Waals surface area contributed by atoms with E-state index in [2.05, 4.69) is 13.8 Å². The van der Waals surface area contributed by atoms with Crippen LogP contribution in [-0.4, -0.2) is 11.5 Å². The first-order valence-corrected chi connectivity index (χ1v) is 9.02. The second kappa shape index (κ2) is 15.8. The second-order valence-electron chi connectivity index (χ2n) is 0.827. The predicted octanol–water partition coefficient (Wildman–Crippen LogP) is 3.14. The molecule has 0 fully saturated rings. The Morgan fingerprint density at radius 3 is 1.50 bits per heavy atom. The van der Waals surface area contributed by atoms with Gasteiger partial charge in [-0.05, 0) is 11.5 Å². The van der Waals surface area contributed by atoms with E-state index in [0.29, 0.717) is 0 Å². The third kappa shape index (κ3) is 25.5. The van der Waals surface area contributed by atoms with Crippen LogP contribution in [0.1, 0.15) is 13.8 Å². The van der Waals surface area contributed by atoms with E-state index >= 15 is 0 Å². The summed E-state index contributed by atoms with van der Waals surface area (Å²) in [4.78, 5) is 0. The topological polar surface area (TPSA) is 0 Å². The van der Waals surface area contributed by atoms with Gasteiger partial charge < -0.3 is 0 Å². The Morgan fingerprint density at radius 2 is 1.50 bits per heavy atom. The molecule has 0 aromatic carbocycles. The maximum atomic E-state index is 4.88. The summed E-state index contributed by atoms with van der Waals surface area (Å²) in [6.45, 7) is 4.35. The van der Waals surface area contributed by atoms with Crippen LogP contribution < -0.4 is 0 Å². The van der Waals surface area contributed by atoms with Crippen LogP contribution in [-0.2, 0) is 16.5 Å². The molecule has 0 nitrogen and oxygen atoms in total. The van der Waals surface area contributed by atoms with Gasteiger partial charge in [0, 0.05) is 0 Å². The Morgan fingerprint density at radius 1 is 1.25 bits per heavy atom. The maximum absolute atomic E-state index is 4.88. The number of hydrogen-bond donors (Lipinski definition) is 0. The van der Waals surface area contributed by atoms with Crippen molar-refractivity contribution in [2.75, 3.05) is 11.5 Å². The second-order valence-corrected chi connectivity index (χ2v) is 5.67. The molecule has 0 rings (SSSR count). The zero-order valence-corrected chi connectivity index (χ0v) is 9.50. The Hall–Kier alpha value is 1.62. The van der Waals surface area contributed by atoms with Gasteiger partial charge in [-0.1, -0.05) is 13.8 Å². The molecule has 0 aromatic rings. The molecular weight excluding hydrogens is 346 g/mol. The number of rotatable bonds is 2. The molecule has 0 saturated heterocycles. The molecule has 0 aliphatic carbocycles. The van der Waals surface area contributed by atoms with E-state index in [-0.39, 0.29) is 0 Å². The number of hydrogen-bond acceptors (Lipinski definition) is 1. The molecule has 0 radical (unpaired) electrons. The minimum atomic E-state index is -0.472. The van der Waals surface area contributed by atoms with Gasteiger partial charge in [0.25, 0.3) is 0 Å². The molecule has 0 N–H and O–H groups in total. The average Bonchev–Trinajstić information content (AvgIpc) is 1.71. The molecule has 0 heterocycles. The molecule has 0 aliphatic rings. The van der Waals surface area contributed by atoms with Crippen LogP contribution in [0, 0.1) is 0 Å². The Balaban J connectivity index is 0. The average molecular weight is 356 g/mol. The Kier molecular flexibility index (Phi) is 24.4. The first kappa shape index (κ1) is 12.3. The molecule has 0 aliphatic heterocycles. The van der Waals surface area contributed by atoms with Gasteiger partial charge >= 0.3 is 35.3 Å². The van der Waals surface area contributed by atoms with Gasteiger partial charge in [0.1, 0.15) is 0 Å². The van der Waals surface area contributed by atoms with Gasteiger partial charge in [-0.2, -0.15) is 11.8 Å². The summed E-state index contributed by atoms with van der Waals surface area (Å²) in [5.41, 5.74) is 0. The molecule has 0 atom stereocenters. The van der Waals surface area contributed by atoms with Crippen LogP contribution in [0.25, 0.3) is 0 Å². The molecule has 0 bridgehead atoms. The fourth-order valence-corrected chi connectivity index (χ4v) is 0.612. The Labute approximate surface area is 72.1 Å². The fraction of sp³-hybridized carbons (Fsp3) is 1.00. The SMILES string of the molecule is CCSCC.[Cl][Pt][Cl]. The molecule has 0 spiro atoms. The van der Waals surface area contributed by atoms with Crippen molar-refractivity contribution in [1.82, 2.24) is 0 Å². The van der Waals surface area contributed by atoms with Crippen molar-refractivity contribution >= 4 is 30.6 Å². The van der Waals surface area contributed by atoms with E-state index in [9.17, 15) is 0 Å². The molecule has 56 valence electrons. The van der Waals surface area contributed by atoms with Crippen molar-refractivity contribution in [1.29, 1.82) is 0 Å². The van der Waals surface area contributed by atoms with Crippen LogP contribution in [0.3, 0.4) is 0 Å². The van der Waals surface area contributed by atoms with Gasteiger partial charge in [-0.15, -0.1) is 0 Å². The zero-order chi connectivity index (χ0) is 6.83. The standard InChI is InChI=1S/C4H10S.2ClH.Pt/c1-3-5-4-2;;;/h3-4H2,1-2H3;2*1H;/q;;;+2/p-2. The summed E-state index contributed by atoms with van der Waals surface area (Å²) in [5, 5.41) is 0. The van der Waals surface area contributed by atoms with Crippen molar-refractivity contribution in [2.45, 2.75) is 13.8 Å². The van der Waals surface area contributed by atoms with Crippen molar-refractivity contribution < 1.29 is 16.5 Å². The van der Waals surface area contributed by atoms with E-state index in [1.54, 1.807) is 0 Å². The number of thioether (sulfide) groups is 1. The van der Waals surface area contributed by atoms with Crippen LogP contribution in [0.4, 0.5) is 0 Å². The number of halogens is 2. The van der Waals surface area contributed by atoms with Gasteiger partial charge in [0.2, 0.25) is 0 Å². The van der Waals surface area contributed by atoms with E-state index in [1.165, 1.54) is 11.5 Å². The van der Waals surface area contributed by atoms with E-state index in [0.717, 1.165) is 0 Å². The van der Waals surface area contributed by atoms with E-state index in [1.807, 2.05) is 11.8 Å². The molecule has 0 saturated carbocycles.